The lowest BCUT2D eigenvalue weighted by molar-refractivity contribution is -0.133. The third-order valence-electron chi connectivity index (χ3n) is 4.84. The van der Waals surface area contributed by atoms with Gasteiger partial charge in [0.2, 0.25) is 5.91 Å². The molecule has 8 heteroatoms. The minimum atomic E-state index is -3.32. The van der Waals surface area contributed by atoms with Crippen molar-refractivity contribution in [1.82, 2.24) is 5.32 Å². The Labute approximate surface area is 174 Å². The summed E-state index contributed by atoms with van der Waals surface area (Å²) in [5.41, 5.74) is 2.77. The van der Waals surface area contributed by atoms with Gasteiger partial charge >= 0.3 is 5.97 Å². The van der Waals surface area contributed by atoms with Crippen LogP contribution in [0.2, 0.25) is 0 Å². The van der Waals surface area contributed by atoms with E-state index in [1.807, 2.05) is 0 Å². The Bertz CT molecular complexity index is 1130. The zero-order valence-electron chi connectivity index (χ0n) is 16.6. The number of carbonyl (C=O) groups excluding carboxylic acids is 3. The molecule has 3 rings (SSSR count). The van der Waals surface area contributed by atoms with Crippen molar-refractivity contribution in [3.8, 4) is 0 Å². The lowest BCUT2D eigenvalue weighted by atomic mass is 9.95. The number of sulfone groups is 1. The van der Waals surface area contributed by atoms with Crippen molar-refractivity contribution in [3.63, 3.8) is 0 Å². The Morgan fingerprint density at radius 2 is 1.57 bits per heavy atom. The van der Waals surface area contributed by atoms with Gasteiger partial charge in [-0.15, -0.1) is 0 Å². The lowest BCUT2D eigenvalue weighted by Crippen LogP contribution is -2.18. The van der Waals surface area contributed by atoms with Crippen LogP contribution in [0.4, 0.5) is 0 Å². The molecule has 1 aliphatic rings. The Morgan fingerprint density at radius 1 is 0.967 bits per heavy atom. The second-order valence-corrected chi connectivity index (χ2v) is 8.92. The molecule has 2 aromatic carbocycles. The van der Waals surface area contributed by atoms with Crippen LogP contribution in [0.25, 0.3) is 11.1 Å². The summed E-state index contributed by atoms with van der Waals surface area (Å²) >= 11 is 0. The maximum Gasteiger partial charge on any atom is 0.339 e. The van der Waals surface area contributed by atoms with Crippen LogP contribution in [-0.2, 0) is 24.2 Å². The van der Waals surface area contributed by atoms with Gasteiger partial charge in [0.25, 0.3) is 0 Å². The quantitative estimate of drug-likeness (QED) is 0.537. The fraction of sp³-hybridized carbons (Fsp3) is 0.227. The number of benzene rings is 2. The van der Waals surface area contributed by atoms with Crippen LogP contribution in [0, 0.1) is 0 Å². The molecule has 0 spiro atoms. The second kappa shape index (κ2) is 8.62. The highest BCUT2D eigenvalue weighted by molar-refractivity contribution is 7.90. The topological polar surface area (TPSA) is 107 Å². The van der Waals surface area contributed by atoms with Gasteiger partial charge < -0.3 is 10.1 Å². The van der Waals surface area contributed by atoms with Gasteiger partial charge in [-0.05, 0) is 23.3 Å². The first-order chi connectivity index (χ1) is 14.2. The molecule has 0 saturated carbocycles. The van der Waals surface area contributed by atoms with E-state index in [-0.39, 0.29) is 36.0 Å². The van der Waals surface area contributed by atoms with Crippen molar-refractivity contribution in [2.45, 2.75) is 17.7 Å². The number of rotatable bonds is 7. The summed E-state index contributed by atoms with van der Waals surface area (Å²) in [6.07, 6.45) is 1.34. The number of cyclic esters (lactones) is 1. The van der Waals surface area contributed by atoms with Crippen molar-refractivity contribution in [2.24, 2.45) is 0 Å². The standard InChI is InChI=1S/C22H21NO6S/c1-23-20(25)12-11-19(24)15-3-5-16(6-4-15)21-18(13-29-22(21)26)14-7-9-17(10-8-14)30(2,27)28/h3-10H,11-13H2,1-2H3,(H,23,25). The summed E-state index contributed by atoms with van der Waals surface area (Å²) in [7, 11) is -1.80. The van der Waals surface area contributed by atoms with Crippen molar-refractivity contribution >= 4 is 38.6 Å². The predicted octanol–water partition coefficient (Wildman–Crippen LogP) is 2.27. The van der Waals surface area contributed by atoms with Crippen LogP contribution in [0.5, 0.6) is 0 Å². The lowest BCUT2D eigenvalue weighted by Gasteiger charge is -2.07. The molecule has 0 unspecified atom stereocenters. The van der Waals surface area contributed by atoms with E-state index in [0.717, 1.165) is 6.26 Å². The number of amides is 1. The zero-order valence-corrected chi connectivity index (χ0v) is 17.4. The molecule has 0 atom stereocenters. The molecule has 30 heavy (non-hydrogen) atoms. The Hall–Kier alpha value is -3.26. The van der Waals surface area contributed by atoms with Gasteiger partial charge in [-0.3, -0.25) is 9.59 Å². The van der Waals surface area contributed by atoms with Gasteiger partial charge in [0.05, 0.1) is 10.5 Å². The molecule has 1 N–H and O–H groups in total. The van der Waals surface area contributed by atoms with Crippen LogP contribution in [0.15, 0.2) is 53.4 Å². The fourth-order valence-electron chi connectivity index (χ4n) is 3.15. The third-order valence-corrected chi connectivity index (χ3v) is 5.97. The van der Waals surface area contributed by atoms with Crippen molar-refractivity contribution in [3.05, 3.63) is 65.2 Å². The van der Waals surface area contributed by atoms with Crippen LogP contribution in [0.1, 0.15) is 34.3 Å². The first kappa shape index (κ1) is 21.4. The molecule has 1 amide bonds. The monoisotopic (exact) mass is 427 g/mol. The van der Waals surface area contributed by atoms with Gasteiger partial charge in [0.1, 0.15) is 6.61 Å². The fourth-order valence-corrected chi connectivity index (χ4v) is 3.78. The third kappa shape index (κ3) is 4.65. The average Bonchev–Trinajstić information content (AvgIpc) is 3.12. The average molecular weight is 427 g/mol. The Balaban J connectivity index is 1.88. The van der Waals surface area contributed by atoms with E-state index in [1.54, 1.807) is 36.4 Å². The molecular formula is C22H21NO6S. The van der Waals surface area contributed by atoms with E-state index in [0.29, 0.717) is 27.8 Å². The van der Waals surface area contributed by atoms with Crippen LogP contribution < -0.4 is 5.32 Å². The maximum absolute atomic E-state index is 12.3. The molecule has 1 heterocycles. The van der Waals surface area contributed by atoms with Gasteiger partial charge in [-0.25, -0.2) is 13.2 Å². The molecule has 2 aromatic rings. The number of hydrogen-bond acceptors (Lipinski definition) is 6. The summed E-state index contributed by atoms with van der Waals surface area (Å²) < 4.78 is 28.5. The van der Waals surface area contributed by atoms with Gasteiger partial charge in [-0.2, -0.15) is 0 Å². The number of hydrogen-bond donors (Lipinski definition) is 1. The van der Waals surface area contributed by atoms with Gasteiger partial charge in [0.15, 0.2) is 15.6 Å². The van der Waals surface area contributed by atoms with Crippen molar-refractivity contribution < 1.29 is 27.5 Å². The predicted molar refractivity (Wildman–Crippen MR) is 111 cm³/mol. The van der Waals surface area contributed by atoms with E-state index < -0.39 is 15.8 Å². The normalized spacial score (nSPS) is 13.9. The molecule has 0 radical (unpaired) electrons. The molecule has 0 fully saturated rings. The molecule has 0 aliphatic carbocycles. The maximum atomic E-state index is 12.3. The summed E-state index contributed by atoms with van der Waals surface area (Å²) in [6, 6.07) is 12.8. The van der Waals surface area contributed by atoms with E-state index in [2.05, 4.69) is 5.32 Å². The zero-order chi connectivity index (χ0) is 21.9. The minimum Gasteiger partial charge on any atom is -0.457 e. The number of Topliss-reactive ketones (excluding diaryl/α,β-unsaturated/α-hetero) is 1. The molecule has 0 aromatic heterocycles. The molecular weight excluding hydrogens is 406 g/mol. The van der Waals surface area contributed by atoms with Crippen LogP contribution in [-0.4, -0.2) is 46.0 Å². The number of nitrogens with one attached hydrogen (secondary N) is 1. The van der Waals surface area contributed by atoms with E-state index >= 15 is 0 Å². The number of ketones is 1. The SMILES string of the molecule is CNC(=O)CCC(=O)c1ccc(C2=C(c3ccc(S(C)(=O)=O)cc3)COC2=O)cc1. The summed E-state index contributed by atoms with van der Waals surface area (Å²) in [5.74, 6) is -0.842. The highest BCUT2D eigenvalue weighted by atomic mass is 32.2. The minimum absolute atomic E-state index is 0.0825. The van der Waals surface area contributed by atoms with Crippen LogP contribution >= 0.6 is 0 Å². The van der Waals surface area contributed by atoms with E-state index in [9.17, 15) is 22.8 Å². The van der Waals surface area contributed by atoms with Gasteiger partial charge in [0, 0.05) is 37.3 Å². The molecule has 156 valence electrons. The molecule has 0 saturated heterocycles. The molecule has 7 nitrogen and oxygen atoms in total. The first-order valence-corrected chi connectivity index (χ1v) is 11.1. The van der Waals surface area contributed by atoms with Crippen LogP contribution in [0.3, 0.4) is 0 Å². The number of carbonyl (C=O) groups is 3. The first-order valence-electron chi connectivity index (χ1n) is 9.25. The summed E-state index contributed by atoms with van der Waals surface area (Å²) in [6.45, 7) is 0.0825. The highest BCUT2D eigenvalue weighted by Gasteiger charge is 2.27. The highest BCUT2D eigenvalue weighted by Crippen LogP contribution is 2.33. The van der Waals surface area contributed by atoms with Crippen molar-refractivity contribution in [1.29, 1.82) is 0 Å². The summed E-state index contributed by atoms with van der Waals surface area (Å²) in [5, 5.41) is 2.47. The molecule has 0 bridgehead atoms. The Kier molecular flexibility index (Phi) is 6.17. The van der Waals surface area contributed by atoms with Crippen molar-refractivity contribution in [2.75, 3.05) is 19.9 Å². The van der Waals surface area contributed by atoms with E-state index in [1.165, 1.54) is 19.2 Å². The van der Waals surface area contributed by atoms with E-state index in [4.69, 9.17) is 4.74 Å². The number of ether oxygens (including phenoxy) is 1. The smallest absolute Gasteiger partial charge is 0.339 e. The molecule has 1 aliphatic heterocycles. The largest absolute Gasteiger partial charge is 0.457 e. The number of esters is 1. The Morgan fingerprint density at radius 3 is 2.13 bits per heavy atom. The van der Waals surface area contributed by atoms with Gasteiger partial charge in [-0.1, -0.05) is 36.4 Å². The summed E-state index contributed by atoms with van der Waals surface area (Å²) in [4.78, 5) is 36.1. The second-order valence-electron chi connectivity index (χ2n) is 6.90.